The first-order valence-electron chi connectivity index (χ1n) is 18.9. The van der Waals surface area contributed by atoms with Gasteiger partial charge >= 0.3 is 5.97 Å². The van der Waals surface area contributed by atoms with Gasteiger partial charge < -0.3 is 20.4 Å². The second-order valence-electron chi connectivity index (χ2n) is 14.2. The minimum absolute atomic E-state index is 0.00559. The Labute approximate surface area is 326 Å². The van der Waals surface area contributed by atoms with E-state index in [0.29, 0.717) is 43.2 Å². The van der Waals surface area contributed by atoms with Crippen LogP contribution in [0, 0.1) is 23.5 Å². The van der Waals surface area contributed by atoms with Crippen LogP contribution in [0.25, 0.3) is 17.1 Å². The summed E-state index contributed by atoms with van der Waals surface area (Å²) in [5.41, 5.74) is 8.51. The van der Waals surface area contributed by atoms with Gasteiger partial charge in [0.25, 0.3) is 5.56 Å². The van der Waals surface area contributed by atoms with Crippen LogP contribution in [0.5, 0.6) is 0 Å². The number of esters is 1. The van der Waals surface area contributed by atoms with Crippen molar-refractivity contribution in [3.05, 3.63) is 130 Å². The number of ether oxygens (including phenoxy) is 1. The summed E-state index contributed by atoms with van der Waals surface area (Å²) in [6.45, 7) is 0. The number of H-pyrrole nitrogens is 2. The van der Waals surface area contributed by atoms with Crippen LogP contribution in [0.4, 0.5) is 20.3 Å². The van der Waals surface area contributed by atoms with E-state index < -0.39 is 11.9 Å². The molecule has 2 unspecified atom stereocenters. The maximum atomic E-state index is 13.1. The average Bonchev–Trinajstić information content (AvgIpc) is 4.15. The number of carbonyl (C=O) groups excluding carboxylic acids is 2. The smallest absolute Gasteiger partial charge is 0.316 e. The molecule has 6 aromatic rings. The number of ketones is 1. The number of hydrogen-bond acceptors (Lipinski definition) is 11. The third kappa shape index (κ3) is 9.77. The number of imidazole rings is 1. The number of rotatable bonds is 12. The molecule has 5 heterocycles. The molecule has 3 aliphatic rings. The Bertz CT molecular complexity index is 2310. The number of benzene rings is 2. The van der Waals surface area contributed by atoms with Crippen LogP contribution in [0.15, 0.2) is 90.0 Å². The van der Waals surface area contributed by atoms with Crippen molar-refractivity contribution < 1.29 is 23.1 Å². The van der Waals surface area contributed by atoms with Crippen LogP contribution in [-0.2, 0) is 33.6 Å². The molecule has 4 aromatic heterocycles. The molecule has 14 nitrogen and oxygen atoms in total. The van der Waals surface area contributed by atoms with E-state index in [9.17, 15) is 23.2 Å². The van der Waals surface area contributed by atoms with Gasteiger partial charge in [-0.1, -0.05) is 24.3 Å². The van der Waals surface area contributed by atoms with Gasteiger partial charge in [0.05, 0.1) is 18.3 Å². The molecule has 57 heavy (non-hydrogen) atoms. The van der Waals surface area contributed by atoms with Crippen molar-refractivity contribution in [1.82, 2.24) is 35.1 Å². The Kier molecular flexibility index (Phi) is 12.1. The van der Waals surface area contributed by atoms with Crippen molar-refractivity contribution in [3.63, 3.8) is 0 Å². The van der Waals surface area contributed by atoms with Crippen LogP contribution in [0.3, 0.4) is 0 Å². The van der Waals surface area contributed by atoms with Crippen molar-refractivity contribution in [2.45, 2.75) is 63.6 Å². The van der Waals surface area contributed by atoms with Gasteiger partial charge in [0, 0.05) is 35.5 Å². The number of aromatic amines is 2. The van der Waals surface area contributed by atoms with E-state index in [0.717, 1.165) is 65.1 Å². The number of fused-ring (bicyclic) bond motifs is 2. The number of pyridine rings is 2. The molecule has 0 radical (unpaired) electrons. The van der Waals surface area contributed by atoms with Gasteiger partial charge in [0.1, 0.15) is 23.3 Å². The SMILES string of the molecule is COC(=O)C(CCc1ccc(F)cc1)C(=O)C1CC1.NNC1Nc2cccnc2N1.O=c1c(CCc2ccc(F)cc2)c(C2CC2)[nH]n1-c1nc2ncccc2[nH]1. The molecule has 9 rings (SSSR count). The summed E-state index contributed by atoms with van der Waals surface area (Å²) in [5.74, 6) is 5.25. The molecule has 0 bridgehead atoms. The van der Waals surface area contributed by atoms with Crippen molar-refractivity contribution in [2.24, 2.45) is 17.7 Å². The summed E-state index contributed by atoms with van der Waals surface area (Å²) in [7, 11) is 1.30. The quantitative estimate of drug-likeness (QED) is 0.0401. The van der Waals surface area contributed by atoms with E-state index in [1.807, 2.05) is 24.3 Å². The number of nitrogens with two attached hydrogens (primary N) is 1. The molecule has 1 aliphatic heterocycles. The lowest BCUT2D eigenvalue weighted by Crippen LogP contribution is -2.43. The first-order chi connectivity index (χ1) is 27.7. The Morgan fingerprint density at radius 2 is 1.56 bits per heavy atom. The van der Waals surface area contributed by atoms with Gasteiger partial charge in [0.15, 0.2) is 17.8 Å². The molecule has 2 saturated carbocycles. The van der Waals surface area contributed by atoms with Crippen LogP contribution >= 0.6 is 0 Å². The van der Waals surface area contributed by atoms with Crippen LogP contribution in [-0.4, -0.2) is 54.9 Å². The highest BCUT2D eigenvalue weighted by molar-refractivity contribution is 6.01. The van der Waals surface area contributed by atoms with E-state index in [1.54, 1.807) is 36.7 Å². The van der Waals surface area contributed by atoms with Crippen LogP contribution in [0.1, 0.15) is 60.4 Å². The van der Waals surface area contributed by atoms with Gasteiger partial charge in [-0.3, -0.25) is 25.3 Å². The number of methoxy groups -OCH3 is 1. The molecule has 0 spiro atoms. The van der Waals surface area contributed by atoms with Gasteiger partial charge in [0.2, 0.25) is 5.95 Å². The van der Waals surface area contributed by atoms with E-state index >= 15 is 0 Å². The highest BCUT2D eigenvalue weighted by Gasteiger charge is 2.38. The number of aromatic nitrogens is 6. The average molecular weight is 779 g/mol. The highest BCUT2D eigenvalue weighted by atomic mass is 19.1. The molecule has 16 heteroatoms. The summed E-state index contributed by atoms with van der Waals surface area (Å²) >= 11 is 0. The second kappa shape index (κ2) is 17.7. The fourth-order valence-corrected chi connectivity index (χ4v) is 6.63. The fraction of sp³-hybridized carbons (Fsp3) is 0.317. The first-order valence-corrected chi connectivity index (χ1v) is 18.9. The summed E-state index contributed by atoms with van der Waals surface area (Å²) in [6, 6.07) is 20.0. The minimum atomic E-state index is -0.678. The van der Waals surface area contributed by atoms with Gasteiger partial charge in [-0.15, -0.1) is 0 Å². The lowest BCUT2D eigenvalue weighted by molar-refractivity contribution is -0.150. The van der Waals surface area contributed by atoms with Crippen molar-refractivity contribution in [1.29, 1.82) is 0 Å². The standard InChI is InChI=1S/C20H18FN5O.C15H17FO3.C6H9N5/c21-14-8-3-12(4-9-14)5-10-15-17(13-6-7-13)25-26(19(15)27)20-23-16-2-1-11-22-18(16)24-20;1-19-15(18)13(14(17)11-5-6-11)9-4-10-2-7-12(16)8-3-10;7-11-6-9-4-2-1-3-8-5(4)10-6/h1-4,8-9,11,13,25H,5-7,10H2,(H,22,23,24);2-3,7-8,11,13H,4-6,9H2,1H3;1-3,6,9,11H,7H2,(H,8,10). The first kappa shape index (κ1) is 39.0. The zero-order valence-electron chi connectivity index (χ0n) is 31.3. The monoisotopic (exact) mass is 778 g/mol. The predicted molar refractivity (Wildman–Crippen MR) is 210 cm³/mol. The predicted octanol–water partition coefficient (Wildman–Crippen LogP) is 5.43. The Hall–Kier alpha value is -6.26. The van der Waals surface area contributed by atoms with Crippen molar-refractivity contribution in [3.8, 4) is 5.95 Å². The van der Waals surface area contributed by atoms with Crippen molar-refractivity contribution in [2.75, 3.05) is 17.7 Å². The molecule has 2 aromatic carbocycles. The fourth-order valence-electron chi connectivity index (χ4n) is 6.63. The number of nitrogens with zero attached hydrogens (tertiary/aromatic N) is 4. The second-order valence-corrected chi connectivity index (χ2v) is 14.2. The third-order valence-electron chi connectivity index (χ3n) is 10.0. The molecule has 2 aliphatic carbocycles. The molecular formula is C41H44F2N10O4. The summed E-state index contributed by atoms with van der Waals surface area (Å²) in [5, 5.41) is 9.36. The summed E-state index contributed by atoms with van der Waals surface area (Å²) in [6.07, 6.45) is 9.52. The number of halogens is 2. The third-order valence-corrected chi connectivity index (χ3v) is 10.0. The molecule has 2 atom stereocenters. The molecule has 7 N–H and O–H groups in total. The number of aryl methyl sites for hydroxylation is 2. The molecule has 296 valence electrons. The van der Waals surface area contributed by atoms with Gasteiger partial charge in [-0.05, 0) is 111 Å². The molecule has 0 saturated heterocycles. The van der Waals surface area contributed by atoms with E-state index in [1.165, 1.54) is 36.1 Å². The number of nitrogens with one attached hydrogen (secondary N) is 5. The maximum absolute atomic E-state index is 13.1. The lowest BCUT2D eigenvalue weighted by atomic mass is 9.93. The number of hydrazine groups is 1. The normalized spacial score (nSPS) is 15.9. The Morgan fingerprint density at radius 1 is 0.895 bits per heavy atom. The lowest BCUT2D eigenvalue weighted by Gasteiger charge is -2.13. The van der Waals surface area contributed by atoms with Gasteiger partial charge in [-0.2, -0.15) is 9.67 Å². The van der Waals surface area contributed by atoms with Crippen LogP contribution < -0.4 is 27.5 Å². The maximum Gasteiger partial charge on any atom is 0.316 e. The van der Waals surface area contributed by atoms with E-state index in [-0.39, 0.29) is 35.2 Å². The zero-order valence-corrected chi connectivity index (χ0v) is 31.3. The van der Waals surface area contributed by atoms with Gasteiger partial charge in [-0.25, -0.2) is 24.2 Å². The van der Waals surface area contributed by atoms with E-state index in [4.69, 9.17) is 10.6 Å². The highest BCUT2D eigenvalue weighted by Crippen LogP contribution is 2.40. The van der Waals surface area contributed by atoms with Crippen molar-refractivity contribution >= 4 is 34.4 Å². The number of carbonyl (C=O) groups is 2. The Morgan fingerprint density at radius 3 is 2.18 bits per heavy atom. The molecule has 2 fully saturated rings. The molecule has 0 amide bonds. The Balaban J connectivity index is 0.000000143. The number of hydrogen-bond donors (Lipinski definition) is 6. The summed E-state index contributed by atoms with van der Waals surface area (Å²) in [4.78, 5) is 52.6. The number of anilines is 2. The minimum Gasteiger partial charge on any atom is -0.468 e. The topological polar surface area (TPSA) is 198 Å². The van der Waals surface area contributed by atoms with E-state index in [2.05, 4.69) is 41.1 Å². The summed E-state index contributed by atoms with van der Waals surface area (Å²) < 4.78 is 32.1. The molecular weight excluding hydrogens is 735 g/mol. The zero-order chi connectivity index (χ0) is 39.9. The van der Waals surface area contributed by atoms with Crippen LogP contribution in [0.2, 0.25) is 0 Å². The largest absolute Gasteiger partial charge is 0.468 e. The number of Topliss-reactive ketones (excluding diaryl/α,β-unsaturated/α-hetero) is 1.